The van der Waals surface area contributed by atoms with Crippen LogP contribution in [-0.2, 0) is 28.6 Å². The van der Waals surface area contributed by atoms with Gasteiger partial charge < -0.3 is 4.74 Å². The van der Waals surface area contributed by atoms with Crippen molar-refractivity contribution in [3.05, 3.63) is 89.5 Å². The van der Waals surface area contributed by atoms with E-state index in [9.17, 15) is 13.2 Å². The minimum atomic E-state index is -1.89. The van der Waals surface area contributed by atoms with Crippen LogP contribution in [0.5, 0.6) is 5.75 Å². The fourth-order valence-corrected chi connectivity index (χ4v) is 4.46. The third kappa shape index (κ3) is 5.38. The van der Waals surface area contributed by atoms with Gasteiger partial charge in [-0.05, 0) is 48.4 Å². The predicted molar refractivity (Wildman–Crippen MR) is 113 cm³/mol. The van der Waals surface area contributed by atoms with Gasteiger partial charge in [-0.1, -0.05) is 42.5 Å². The van der Waals surface area contributed by atoms with Crippen molar-refractivity contribution >= 4 is 27.9 Å². The highest BCUT2D eigenvalue weighted by Crippen LogP contribution is 2.21. The smallest absolute Gasteiger partial charge is 0.263 e. The summed E-state index contributed by atoms with van der Waals surface area (Å²) in [7, 11) is -3.70. The molecule has 3 N–H and O–H groups in total. The van der Waals surface area contributed by atoms with Gasteiger partial charge in [-0.3, -0.25) is 9.52 Å². The molecule has 29 heavy (non-hydrogen) atoms. The third-order valence-electron chi connectivity index (χ3n) is 4.13. The van der Waals surface area contributed by atoms with Crippen molar-refractivity contribution in [1.29, 1.82) is 0 Å². The van der Waals surface area contributed by atoms with E-state index in [2.05, 4.69) is 4.72 Å². The Morgan fingerprint density at radius 3 is 2.28 bits per heavy atom. The average molecular weight is 429 g/mol. The Balaban J connectivity index is 1.69. The average Bonchev–Trinajstić information content (AvgIpc) is 2.73. The highest BCUT2D eigenvalue weighted by atomic mass is 32.2. The molecule has 1 amide bonds. The lowest BCUT2D eigenvalue weighted by Crippen LogP contribution is -2.26. The number of benzene rings is 3. The number of nitrogens with one attached hydrogen (secondary N) is 1. The van der Waals surface area contributed by atoms with Crippen molar-refractivity contribution in [2.45, 2.75) is 23.3 Å². The number of aryl methyl sites for hydroxylation is 1. The molecule has 0 saturated carbocycles. The lowest BCUT2D eigenvalue weighted by Gasteiger charge is -2.11. The first-order chi connectivity index (χ1) is 14.0. The van der Waals surface area contributed by atoms with Gasteiger partial charge in [0, 0.05) is 5.56 Å². The molecule has 0 aromatic heterocycles. The van der Waals surface area contributed by atoms with Crippen molar-refractivity contribution in [1.82, 2.24) is 4.72 Å². The van der Waals surface area contributed by atoms with E-state index in [1.807, 2.05) is 37.3 Å². The van der Waals surface area contributed by atoms with E-state index in [-0.39, 0.29) is 9.79 Å². The van der Waals surface area contributed by atoms with Gasteiger partial charge in [-0.2, -0.15) is 0 Å². The molecule has 2 atom stereocenters. The lowest BCUT2D eigenvalue weighted by atomic mass is 10.1. The molecule has 3 rings (SSSR count). The fourth-order valence-electron chi connectivity index (χ4n) is 2.66. The summed E-state index contributed by atoms with van der Waals surface area (Å²) in [4.78, 5) is 12.9. The molecular weight excluding hydrogens is 408 g/mol. The molecule has 0 aliphatic heterocycles. The number of amides is 1. The number of carbonyl (C=O) groups excluding carboxylic acids is 1. The number of carbonyl (C=O) groups is 1. The summed E-state index contributed by atoms with van der Waals surface area (Å²) in [5.41, 5.74) is 2.16. The van der Waals surface area contributed by atoms with Gasteiger partial charge in [0.15, 0.2) is 11.0 Å². The molecule has 6 nitrogen and oxygen atoms in total. The Labute approximate surface area is 174 Å². The second-order valence-corrected chi connectivity index (χ2v) is 8.41. The zero-order chi connectivity index (χ0) is 20.8. The number of hydrogen-bond donors (Lipinski definition) is 2. The van der Waals surface area contributed by atoms with Gasteiger partial charge in [0.05, 0.1) is 9.79 Å². The Morgan fingerprint density at radius 1 is 0.966 bits per heavy atom. The first-order valence-corrected chi connectivity index (χ1v) is 11.1. The van der Waals surface area contributed by atoms with Gasteiger partial charge >= 0.3 is 0 Å². The Kier molecular flexibility index (Phi) is 6.92. The molecule has 2 unspecified atom stereocenters. The number of hydrogen-bond acceptors (Lipinski definition) is 4. The summed E-state index contributed by atoms with van der Waals surface area (Å²) >= 11 is 0. The number of ether oxygens (including phenoxy) is 1. The summed E-state index contributed by atoms with van der Waals surface area (Å²) in [5.74, 6) is 0.147. The van der Waals surface area contributed by atoms with Crippen LogP contribution in [0.4, 0.5) is 0 Å². The quantitative estimate of drug-likeness (QED) is 0.604. The molecule has 0 aliphatic rings. The van der Waals surface area contributed by atoms with Gasteiger partial charge in [0.25, 0.3) is 5.91 Å². The van der Waals surface area contributed by atoms with Crippen LogP contribution >= 0.6 is 0 Å². The second-order valence-electron chi connectivity index (χ2n) is 6.20. The summed E-state index contributed by atoms with van der Waals surface area (Å²) in [5, 5.41) is 5.41. The summed E-state index contributed by atoms with van der Waals surface area (Å²) in [6.45, 7) is 2.26. The largest absolute Gasteiger partial charge is 0.489 e. The highest BCUT2D eigenvalue weighted by Gasteiger charge is 2.16. The van der Waals surface area contributed by atoms with Crippen molar-refractivity contribution in [2.75, 3.05) is 0 Å². The molecule has 150 valence electrons. The van der Waals surface area contributed by atoms with E-state index in [4.69, 9.17) is 9.88 Å². The monoisotopic (exact) mass is 428 g/mol. The van der Waals surface area contributed by atoms with Crippen LogP contribution in [-0.4, -0.2) is 14.3 Å². The fraction of sp³-hybridized carbons (Fsp3) is 0.0952. The van der Waals surface area contributed by atoms with E-state index in [1.165, 1.54) is 12.1 Å². The zero-order valence-electron chi connectivity index (χ0n) is 15.7. The molecular formula is C21H20N2O4S2. The molecule has 0 bridgehead atoms. The molecule has 3 aromatic rings. The summed E-state index contributed by atoms with van der Waals surface area (Å²) < 4.78 is 32.4. The van der Waals surface area contributed by atoms with Crippen LogP contribution in [0.2, 0.25) is 0 Å². The zero-order valence-corrected chi connectivity index (χ0v) is 17.3. The first kappa shape index (κ1) is 20.9. The van der Waals surface area contributed by atoms with Crippen LogP contribution in [0.25, 0.3) is 0 Å². The van der Waals surface area contributed by atoms with Crippen LogP contribution in [0.3, 0.4) is 0 Å². The van der Waals surface area contributed by atoms with Crippen LogP contribution in [0.15, 0.2) is 82.6 Å². The third-order valence-corrected chi connectivity index (χ3v) is 6.17. The first-order valence-electron chi connectivity index (χ1n) is 8.71. The predicted octanol–water partition coefficient (Wildman–Crippen LogP) is 3.01. The minimum absolute atomic E-state index is 0.209. The van der Waals surface area contributed by atoms with E-state index >= 15 is 0 Å². The molecule has 0 aliphatic carbocycles. The topological polar surface area (TPSA) is 98.5 Å². The lowest BCUT2D eigenvalue weighted by molar-refractivity contribution is 0.0982. The van der Waals surface area contributed by atoms with Crippen LogP contribution in [0, 0.1) is 6.92 Å². The minimum Gasteiger partial charge on any atom is -0.489 e. The Hall–Kier alpha value is -2.81. The molecule has 0 fully saturated rings. The molecule has 0 radical (unpaired) electrons. The van der Waals surface area contributed by atoms with Crippen molar-refractivity contribution in [3.8, 4) is 5.75 Å². The molecule has 8 heteroatoms. The number of nitrogens with two attached hydrogens (primary N) is 1. The van der Waals surface area contributed by atoms with Gasteiger partial charge in [-0.25, -0.2) is 13.6 Å². The normalized spacial score (nSPS) is 12.8. The Morgan fingerprint density at radius 2 is 1.62 bits per heavy atom. The highest BCUT2D eigenvalue weighted by molar-refractivity contribution is 7.86. The molecule has 0 heterocycles. The van der Waals surface area contributed by atoms with Gasteiger partial charge in [0.1, 0.15) is 23.3 Å². The maximum absolute atomic E-state index is 12.5. The number of rotatable bonds is 7. The van der Waals surface area contributed by atoms with Gasteiger partial charge in [0.2, 0.25) is 0 Å². The van der Waals surface area contributed by atoms with Crippen molar-refractivity contribution in [3.63, 3.8) is 0 Å². The standard InChI is InChI=1S/C21H20N2O4S2/c1-15-13-17(11-12-18(15)27-14-16-7-3-2-4-8-16)21(24)23-29(26)20-10-6-5-9-19(20)28(22)25/h2-13H,14,22H2,1H3,(H,23,24). The van der Waals surface area contributed by atoms with E-state index in [1.54, 1.807) is 30.3 Å². The van der Waals surface area contributed by atoms with E-state index in [0.717, 1.165) is 11.1 Å². The Bertz CT molecular complexity index is 1070. The molecule has 0 saturated heterocycles. The SMILES string of the molecule is Cc1cc(C(=O)NS(=O)c2ccccc2S(N)=O)ccc1OCc1ccccc1. The van der Waals surface area contributed by atoms with Gasteiger partial charge in [-0.15, -0.1) is 0 Å². The van der Waals surface area contributed by atoms with E-state index in [0.29, 0.717) is 17.9 Å². The maximum atomic E-state index is 12.5. The van der Waals surface area contributed by atoms with Crippen molar-refractivity contribution < 1.29 is 17.9 Å². The van der Waals surface area contributed by atoms with E-state index < -0.39 is 27.9 Å². The molecule has 0 spiro atoms. The van der Waals surface area contributed by atoms with Crippen LogP contribution < -0.4 is 14.6 Å². The molecule has 3 aromatic carbocycles. The summed E-state index contributed by atoms with van der Waals surface area (Å²) in [6.07, 6.45) is 0. The maximum Gasteiger partial charge on any atom is 0.263 e. The summed E-state index contributed by atoms with van der Waals surface area (Å²) in [6, 6.07) is 21.0. The van der Waals surface area contributed by atoms with Crippen LogP contribution in [0.1, 0.15) is 21.5 Å². The second kappa shape index (κ2) is 9.60. The van der Waals surface area contributed by atoms with Crippen molar-refractivity contribution in [2.24, 2.45) is 5.14 Å².